The molecule has 0 saturated carbocycles. The number of nitrogens with zero attached hydrogens (tertiary/aromatic N) is 4. The zero-order valence-electron chi connectivity index (χ0n) is 16.3. The maximum Gasteiger partial charge on any atom is 0.269 e. The van der Waals surface area contributed by atoms with Crippen molar-refractivity contribution in [1.29, 1.82) is 0 Å². The smallest absolute Gasteiger partial charge is 0.269 e. The number of rotatable bonds is 5. The second-order valence-corrected chi connectivity index (χ2v) is 7.66. The topological polar surface area (TPSA) is 70.5 Å². The first-order valence-corrected chi connectivity index (χ1v) is 10.1. The van der Waals surface area contributed by atoms with Crippen molar-refractivity contribution in [3.8, 4) is 0 Å². The van der Waals surface area contributed by atoms with Crippen LogP contribution in [0.1, 0.15) is 32.2 Å². The first-order chi connectivity index (χ1) is 13.6. The van der Waals surface area contributed by atoms with E-state index in [1.165, 1.54) is 6.42 Å². The Labute approximate surface area is 165 Å². The molecule has 2 fully saturated rings. The number of para-hydroxylation sites is 1. The molecule has 1 N–H and O–H groups in total. The van der Waals surface area contributed by atoms with E-state index < -0.39 is 0 Å². The SMILES string of the molecule is C[C@H](C(=O)Nc1ccccc1)N1CCC[C@@H](n2ncc(N3CCC3)cc2=O)C1. The zero-order chi connectivity index (χ0) is 19.5. The molecule has 2 aliphatic rings. The number of benzene rings is 1. The number of piperidine rings is 1. The molecule has 2 aromatic rings. The lowest BCUT2D eigenvalue weighted by Gasteiger charge is -2.36. The molecule has 148 valence electrons. The normalized spacial score (nSPS) is 21.0. The van der Waals surface area contributed by atoms with E-state index in [-0.39, 0.29) is 23.6 Å². The quantitative estimate of drug-likeness (QED) is 0.859. The van der Waals surface area contributed by atoms with Gasteiger partial charge in [-0.2, -0.15) is 5.10 Å². The second-order valence-electron chi connectivity index (χ2n) is 7.66. The first-order valence-electron chi connectivity index (χ1n) is 10.1. The number of carbonyl (C=O) groups is 1. The highest BCUT2D eigenvalue weighted by Gasteiger charge is 2.29. The van der Waals surface area contributed by atoms with Gasteiger partial charge in [-0.1, -0.05) is 18.2 Å². The third-order valence-electron chi connectivity index (χ3n) is 5.78. The van der Waals surface area contributed by atoms with Crippen molar-refractivity contribution in [1.82, 2.24) is 14.7 Å². The summed E-state index contributed by atoms with van der Waals surface area (Å²) in [4.78, 5) is 29.6. The van der Waals surface area contributed by atoms with Gasteiger partial charge in [0.1, 0.15) is 0 Å². The van der Waals surface area contributed by atoms with Gasteiger partial charge < -0.3 is 10.2 Å². The summed E-state index contributed by atoms with van der Waals surface area (Å²) in [5, 5.41) is 7.41. The average molecular weight is 381 g/mol. The standard InChI is InChI=1S/C21H27N5O2/c1-16(21(28)23-17-7-3-2-4-8-17)25-10-5-9-18(15-25)26-20(27)13-19(14-22-26)24-11-6-12-24/h2-4,7-8,13-14,16,18H,5-6,9-12,15H2,1H3,(H,23,28)/t16-,18-/m1/s1. The molecule has 0 spiro atoms. The van der Waals surface area contributed by atoms with Gasteiger partial charge in [-0.25, -0.2) is 4.68 Å². The highest BCUT2D eigenvalue weighted by atomic mass is 16.2. The number of hydrogen-bond acceptors (Lipinski definition) is 5. The molecule has 2 atom stereocenters. The third kappa shape index (κ3) is 3.94. The number of anilines is 2. The lowest BCUT2D eigenvalue weighted by Crippen LogP contribution is -2.49. The van der Waals surface area contributed by atoms with Crippen LogP contribution in [0, 0.1) is 0 Å². The van der Waals surface area contributed by atoms with Crippen LogP contribution in [0.4, 0.5) is 11.4 Å². The minimum absolute atomic E-state index is 0.00124. The molecule has 3 heterocycles. The molecule has 0 radical (unpaired) electrons. The summed E-state index contributed by atoms with van der Waals surface area (Å²) in [7, 11) is 0. The number of carbonyl (C=O) groups excluding carboxylic acids is 1. The van der Waals surface area contributed by atoms with Crippen LogP contribution < -0.4 is 15.8 Å². The Bertz CT molecular complexity index is 878. The van der Waals surface area contributed by atoms with Gasteiger partial charge in [0.05, 0.1) is 24.0 Å². The number of likely N-dealkylation sites (tertiary alicyclic amines) is 1. The van der Waals surface area contributed by atoms with Gasteiger partial charge >= 0.3 is 0 Å². The van der Waals surface area contributed by atoms with Crippen LogP contribution in [-0.2, 0) is 4.79 Å². The summed E-state index contributed by atoms with van der Waals surface area (Å²) in [5.41, 5.74) is 1.65. The van der Waals surface area contributed by atoms with Crippen LogP contribution in [0.3, 0.4) is 0 Å². The Morgan fingerprint density at radius 2 is 1.96 bits per heavy atom. The zero-order valence-corrected chi connectivity index (χ0v) is 16.3. The van der Waals surface area contributed by atoms with Crippen molar-refractivity contribution < 1.29 is 4.79 Å². The lowest BCUT2D eigenvalue weighted by molar-refractivity contribution is -0.121. The minimum Gasteiger partial charge on any atom is -0.370 e. The molecule has 0 bridgehead atoms. The molecule has 28 heavy (non-hydrogen) atoms. The molecule has 0 unspecified atom stereocenters. The summed E-state index contributed by atoms with van der Waals surface area (Å²) in [6.45, 7) is 5.41. The second kappa shape index (κ2) is 8.14. The van der Waals surface area contributed by atoms with E-state index in [0.29, 0.717) is 6.54 Å². The molecule has 2 saturated heterocycles. The third-order valence-corrected chi connectivity index (χ3v) is 5.78. The number of nitrogens with one attached hydrogen (secondary N) is 1. The van der Waals surface area contributed by atoms with Crippen LogP contribution in [0.2, 0.25) is 0 Å². The fraction of sp³-hybridized carbons (Fsp3) is 0.476. The van der Waals surface area contributed by atoms with Crippen molar-refractivity contribution in [3.63, 3.8) is 0 Å². The largest absolute Gasteiger partial charge is 0.370 e. The molecule has 0 aliphatic carbocycles. The van der Waals surface area contributed by atoms with Gasteiger partial charge in [-0.3, -0.25) is 14.5 Å². The first kappa shape index (κ1) is 18.7. The predicted molar refractivity (Wildman–Crippen MR) is 110 cm³/mol. The molecule has 7 nitrogen and oxygen atoms in total. The fourth-order valence-corrected chi connectivity index (χ4v) is 3.90. The van der Waals surface area contributed by atoms with E-state index in [1.807, 2.05) is 37.3 Å². The highest BCUT2D eigenvalue weighted by Crippen LogP contribution is 2.23. The Morgan fingerprint density at radius 1 is 1.18 bits per heavy atom. The van der Waals surface area contributed by atoms with Crippen LogP contribution in [0.5, 0.6) is 0 Å². The fourth-order valence-electron chi connectivity index (χ4n) is 3.90. The molecule has 1 amide bonds. The maximum absolute atomic E-state index is 12.6. The maximum atomic E-state index is 12.6. The number of aromatic nitrogens is 2. The number of amides is 1. The van der Waals surface area contributed by atoms with Gasteiger partial charge in [-0.05, 0) is 44.9 Å². The van der Waals surface area contributed by atoms with Gasteiger partial charge in [-0.15, -0.1) is 0 Å². The molecule has 2 aliphatic heterocycles. The summed E-state index contributed by atoms with van der Waals surface area (Å²) < 4.78 is 1.59. The van der Waals surface area contributed by atoms with Crippen LogP contribution in [0.25, 0.3) is 0 Å². The number of hydrogen-bond donors (Lipinski definition) is 1. The van der Waals surface area contributed by atoms with Crippen molar-refractivity contribution in [2.75, 3.05) is 36.4 Å². The van der Waals surface area contributed by atoms with Gasteiger partial charge in [0.15, 0.2) is 0 Å². The Balaban J connectivity index is 1.42. The molecular formula is C21H27N5O2. The Morgan fingerprint density at radius 3 is 2.64 bits per heavy atom. The van der Waals surface area contributed by atoms with Crippen LogP contribution in [0.15, 0.2) is 47.4 Å². The average Bonchev–Trinajstić information content (AvgIpc) is 2.67. The van der Waals surface area contributed by atoms with Crippen molar-refractivity contribution in [2.45, 2.75) is 38.3 Å². The van der Waals surface area contributed by atoms with E-state index in [9.17, 15) is 9.59 Å². The lowest BCUT2D eigenvalue weighted by atomic mass is 10.0. The van der Waals surface area contributed by atoms with E-state index in [1.54, 1.807) is 16.9 Å². The van der Waals surface area contributed by atoms with Gasteiger partial charge in [0, 0.05) is 31.4 Å². The molecule has 7 heteroatoms. The Hall–Kier alpha value is -2.67. The minimum atomic E-state index is -0.265. The Kier molecular flexibility index (Phi) is 5.43. The summed E-state index contributed by atoms with van der Waals surface area (Å²) in [5.74, 6) is -0.0275. The highest BCUT2D eigenvalue weighted by molar-refractivity contribution is 5.94. The molecule has 1 aromatic carbocycles. The van der Waals surface area contributed by atoms with Crippen molar-refractivity contribution >= 4 is 17.3 Å². The van der Waals surface area contributed by atoms with E-state index in [0.717, 1.165) is 43.9 Å². The van der Waals surface area contributed by atoms with Crippen LogP contribution >= 0.6 is 0 Å². The van der Waals surface area contributed by atoms with Gasteiger partial charge in [0.2, 0.25) is 5.91 Å². The van der Waals surface area contributed by atoms with Gasteiger partial charge in [0.25, 0.3) is 5.56 Å². The van der Waals surface area contributed by atoms with E-state index >= 15 is 0 Å². The summed E-state index contributed by atoms with van der Waals surface area (Å²) >= 11 is 0. The monoisotopic (exact) mass is 381 g/mol. The summed E-state index contributed by atoms with van der Waals surface area (Å²) in [6, 6.07) is 10.9. The summed E-state index contributed by atoms with van der Waals surface area (Å²) in [6.07, 6.45) is 4.81. The molecular weight excluding hydrogens is 354 g/mol. The molecule has 1 aromatic heterocycles. The molecule has 4 rings (SSSR count). The predicted octanol–water partition coefficient (Wildman–Crippen LogP) is 2.12. The van der Waals surface area contributed by atoms with E-state index in [4.69, 9.17) is 0 Å². The van der Waals surface area contributed by atoms with E-state index in [2.05, 4.69) is 20.2 Å². The van der Waals surface area contributed by atoms with Crippen molar-refractivity contribution in [2.24, 2.45) is 0 Å². The van der Waals surface area contributed by atoms with Crippen LogP contribution in [-0.4, -0.2) is 52.8 Å². The van der Waals surface area contributed by atoms with Crippen molar-refractivity contribution in [3.05, 3.63) is 52.9 Å².